The molecular weight excluding hydrogens is 252 g/mol. The van der Waals surface area contributed by atoms with E-state index < -0.39 is 0 Å². The molecule has 20 heavy (non-hydrogen) atoms. The van der Waals surface area contributed by atoms with Gasteiger partial charge in [-0.25, -0.2) is 4.98 Å². The van der Waals surface area contributed by atoms with Crippen LogP contribution in [0, 0.1) is 6.92 Å². The van der Waals surface area contributed by atoms with Crippen molar-refractivity contribution >= 4 is 5.95 Å². The first kappa shape index (κ1) is 14.5. The van der Waals surface area contributed by atoms with Gasteiger partial charge in [0.2, 0.25) is 5.95 Å². The molecule has 2 aromatic heterocycles. The molecule has 2 aromatic rings. The second kappa shape index (κ2) is 7.65. The molecule has 2 heterocycles. The van der Waals surface area contributed by atoms with Gasteiger partial charge in [0.25, 0.3) is 0 Å². The normalized spacial score (nSPS) is 10.7. The number of nitrogens with zero attached hydrogens (tertiary/aromatic N) is 3. The summed E-state index contributed by atoms with van der Waals surface area (Å²) < 4.78 is 7.52. The third-order valence-electron chi connectivity index (χ3n) is 2.99. The Labute approximate surface area is 120 Å². The van der Waals surface area contributed by atoms with Gasteiger partial charge >= 0.3 is 0 Å². The number of pyridine rings is 1. The smallest absolute Gasteiger partial charge is 0.203 e. The number of aromatic nitrogens is 3. The van der Waals surface area contributed by atoms with Crippen LogP contribution in [-0.2, 0) is 17.8 Å². The van der Waals surface area contributed by atoms with E-state index in [1.807, 2.05) is 26.0 Å². The van der Waals surface area contributed by atoms with E-state index in [1.54, 1.807) is 12.4 Å². The summed E-state index contributed by atoms with van der Waals surface area (Å²) >= 11 is 0. The minimum Gasteiger partial charge on any atom is -0.382 e. The second-order valence-electron chi connectivity index (χ2n) is 4.66. The fraction of sp³-hybridized carbons (Fsp3) is 0.467. The van der Waals surface area contributed by atoms with E-state index in [4.69, 9.17) is 4.74 Å². The monoisotopic (exact) mass is 274 g/mol. The van der Waals surface area contributed by atoms with Crippen LogP contribution in [0.3, 0.4) is 0 Å². The average molecular weight is 274 g/mol. The van der Waals surface area contributed by atoms with Crippen LogP contribution in [0.1, 0.15) is 24.6 Å². The van der Waals surface area contributed by atoms with E-state index >= 15 is 0 Å². The van der Waals surface area contributed by atoms with Crippen molar-refractivity contribution in [2.24, 2.45) is 0 Å². The number of ether oxygens (including phenoxy) is 1. The van der Waals surface area contributed by atoms with E-state index in [9.17, 15) is 0 Å². The molecule has 0 aliphatic heterocycles. The average Bonchev–Trinajstić information content (AvgIpc) is 2.83. The maximum absolute atomic E-state index is 5.37. The summed E-state index contributed by atoms with van der Waals surface area (Å²) in [5.41, 5.74) is 2.22. The fourth-order valence-corrected chi connectivity index (χ4v) is 2.02. The summed E-state index contributed by atoms with van der Waals surface area (Å²) in [5, 5.41) is 3.37. The molecule has 0 fully saturated rings. The van der Waals surface area contributed by atoms with Crippen LogP contribution in [-0.4, -0.2) is 27.7 Å². The molecule has 0 atom stereocenters. The summed E-state index contributed by atoms with van der Waals surface area (Å²) in [6.07, 6.45) is 6.67. The highest BCUT2D eigenvalue weighted by atomic mass is 16.5. The van der Waals surface area contributed by atoms with Crippen molar-refractivity contribution in [2.45, 2.75) is 33.4 Å². The molecule has 0 aromatic carbocycles. The van der Waals surface area contributed by atoms with Gasteiger partial charge < -0.3 is 14.6 Å². The van der Waals surface area contributed by atoms with Gasteiger partial charge in [-0.15, -0.1) is 0 Å². The molecule has 0 bridgehead atoms. The first-order chi connectivity index (χ1) is 9.79. The first-order valence-corrected chi connectivity index (χ1v) is 7.04. The van der Waals surface area contributed by atoms with Gasteiger partial charge in [-0.1, -0.05) is 0 Å². The molecule has 0 saturated carbocycles. The molecule has 0 aliphatic rings. The van der Waals surface area contributed by atoms with Crippen molar-refractivity contribution in [3.63, 3.8) is 0 Å². The minimum absolute atomic E-state index is 0.754. The SMILES string of the molecule is CCOCCCn1cc(C)nc1NCc1ccncc1. The van der Waals surface area contributed by atoms with Crippen LogP contribution in [0.4, 0.5) is 5.95 Å². The Balaban J connectivity index is 1.90. The number of imidazole rings is 1. The van der Waals surface area contributed by atoms with Gasteiger partial charge in [-0.3, -0.25) is 4.98 Å². The topological polar surface area (TPSA) is 52.0 Å². The van der Waals surface area contributed by atoms with Crippen LogP contribution >= 0.6 is 0 Å². The van der Waals surface area contributed by atoms with Crippen LogP contribution < -0.4 is 5.32 Å². The van der Waals surface area contributed by atoms with Crippen molar-refractivity contribution in [3.05, 3.63) is 42.0 Å². The summed E-state index contributed by atoms with van der Waals surface area (Å²) in [4.78, 5) is 8.54. The number of hydrogen-bond acceptors (Lipinski definition) is 4. The van der Waals surface area contributed by atoms with E-state index in [0.717, 1.165) is 44.4 Å². The standard InChI is InChI=1S/C15H22N4O/c1-3-20-10-4-9-19-12-13(2)18-15(19)17-11-14-5-7-16-8-6-14/h5-8,12H,3-4,9-11H2,1-2H3,(H,17,18). The van der Waals surface area contributed by atoms with Crippen molar-refractivity contribution in [2.75, 3.05) is 18.5 Å². The van der Waals surface area contributed by atoms with Gasteiger partial charge in [0.15, 0.2) is 0 Å². The number of anilines is 1. The van der Waals surface area contributed by atoms with Crippen molar-refractivity contribution < 1.29 is 4.74 Å². The summed E-state index contributed by atoms with van der Waals surface area (Å²) in [5.74, 6) is 0.913. The summed E-state index contributed by atoms with van der Waals surface area (Å²) in [6, 6.07) is 4.00. The van der Waals surface area contributed by atoms with E-state index in [0.29, 0.717) is 0 Å². The quantitative estimate of drug-likeness (QED) is 0.752. The lowest BCUT2D eigenvalue weighted by Crippen LogP contribution is -2.09. The molecule has 0 spiro atoms. The molecule has 5 nitrogen and oxygen atoms in total. The van der Waals surface area contributed by atoms with Gasteiger partial charge in [0, 0.05) is 44.9 Å². The maximum atomic E-state index is 5.37. The predicted octanol–water partition coefficient (Wildman–Crippen LogP) is 2.63. The lowest BCUT2D eigenvalue weighted by atomic mass is 10.3. The van der Waals surface area contributed by atoms with Crippen LogP contribution in [0.2, 0.25) is 0 Å². The highest BCUT2D eigenvalue weighted by Gasteiger charge is 2.05. The minimum atomic E-state index is 0.754. The summed E-state index contributed by atoms with van der Waals surface area (Å²) in [7, 11) is 0. The van der Waals surface area contributed by atoms with E-state index in [2.05, 4.69) is 26.0 Å². The molecule has 0 saturated heterocycles. The predicted molar refractivity (Wildman–Crippen MR) is 79.6 cm³/mol. The zero-order valence-electron chi connectivity index (χ0n) is 12.2. The largest absolute Gasteiger partial charge is 0.382 e. The highest BCUT2D eigenvalue weighted by Crippen LogP contribution is 2.11. The first-order valence-electron chi connectivity index (χ1n) is 7.04. The number of hydrogen-bond donors (Lipinski definition) is 1. The summed E-state index contributed by atoms with van der Waals surface area (Å²) in [6.45, 7) is 7.26. The number of aryl methyl sites for hydroxylation is 2. The molecule has 1 N–H and O–H groups in total. The second-order valence-corrected chi connectivity index (χ2v) is 4.66. The van der Waals surface area contributed by atoms with Gasteiger partial charge in [0.05, 0.1) is 5.69 Å². The van der Waals surface area contributed by atoms with Crippen molar-refractivity contribution in [1.29, 1.82) is 0 Å². The lowest BCUT2D eigenvalue weighted by molar-refractivity contribution is 0.142. The van der Waals surface area contributed by atoms with Crippen LogP contribution in [0.15, 0.2) is 30.7 Å². The Morgan fingerprint density at radius 1 is 1.30 bits per heavy atom. The molecule has 0 aliphatic carbocycles. The number of nitrogens with one attached hydrogen (secondary N) is 1. The Morgan fingerprint density at radius 2 is 2.10 bits per heavy atom. The van der Waals surface area contributed by atoms with Gasteiger partial charge in [0.1, 0.15) is 0 Å². The number of rotatable bonds is 8. The molecular formula is C15H22N4O. The molecule has 2 rings (SSSR count). The van der Waals surface area contributed by atoms with Crippen LogP contribution in [0.25, 0.3) is 0 Å². The Bertz CT molecular complexity index is 510. The Morgan fingerprint density at radius 3 is 2.85 bits per heavy atom. The van der Waals surface area contributed by atoms with E-state index in [-0.39, 0.29) is 0 Å². The fourth-order valence-electron chi connectivity index (χ4n) is 2.02. The third-order valence-corrected chi connectivity index (χ3v) is 2.99. The Hall–Kier alpha value is -1.88. The Kier molecular flexibility index (Phi) is 5.55. The highest BCUT2D eigenvalue weighted by molar-refractivity contribution is 5.30. The van der Waals surface area contributed by atoms with Crippen molar-refractivity contribution in [1.82, 2.24) is 14.5 Å². The zero-order valence-corrected chi connectivity index (χ0v) is 12.2. The van der Waals surface area contributed by atoms with Crippen molar-refractivity contribution in [3.8, 4) is 0 Å². The third kappa shape index (κ3) is 4.35. The van der Waals surface area contributed by atoms with Crippen LogP contribution in [0.5, 0.6) is 0 Å². The molecule has 0 radical (unpaired) electrons. The van der Waals surface area contributed by atoms with Gasteiger partial charge in [-0.05, 0) is 38.0 Å². The maximum Gasteiger partial charge on any atom is 0.203 e. The van der Waals surface area contributed by atoms with Gasteiger partial charge in [-0.2, -0.15) is 0 Å². The van der Waals surface area contributed by atoms with E-state index in [1.165, 1.54) is 5.56 Å². The lowest BCUT2D eigenvalue weighted by Gasteiger charge is -2.09. The molecule has 0 amide bonds. The molecule has 5 heteroatoms. The zero-order chi connectivity index (χ0) is 14.2. The molecule has 0 unspecified atom stereocenters. The molecule has 108 valence electrons.